The van der Waals surface area contributed by atoms with E-state index >= 15 is 0 Å². The summed E-state index contributed by atoms with van der Waals surface area (Å²) in [5.74, 6) is 0. The van der Waals surface area contributed by atoms with Crippen LogP contribution in [0.5, 0.6) is 0 Å². The van der Waals surface area contributed by atoms with Crippen LogP contribution in [0.3, 0.4) is 0 Å². The van der Waals surface area contributed by atoms with E-state index in [1.807, 2.05) is 0 Å². The molecule has 0 spiro atoms. The van der Waals surface area contributed by atoms with E-state index in [0.717, 1.165) is 6.61 Å². The second-order valence-electron chi connectivity index (χ2n) is 2.56. The normalized spacial score (nSPS) is 10.3. The first-order valence-electron chi connectivity index (χ1n) is 4.12. The van der Waals surface area contributed by atoms with E-state index in [0.29, 0.717) is 0 Å². The van der Waals surface area contributed by atoms with Crippen molar-refractivity contribution in [2.75, 3.05) is 6.61 Å². The molecular weight excluding hydrogens is 309 g/mol. The summed E-state index contributed by atoms with van der Waals surface area (Å²) in [6.07, 6.45) is 8.06. The van der Waals surface area contributed by atoms with E-state index in [2.05, 4.69) is 28.4 Å². The van der Waals surface area contributed by atoms with E-state index in [-0.39, 0.29) is 0 Å². The number of hydrogen-bond acceptors (Lipinski definition) is 1. The van der Waals surface area contributed by atoms with Crippen molar-refractivity contribution in [3.05, 3.63) is 0 Å². The average molecular weight is 326 g/mol. The molecule has 0 bridgehead atoms. The zero-order valence-electron chi connectivity index (χ0n) is 6.66. The van der Waals surface area contributed by atoms with Crippen LogP contribution in [0, 0.1) is 0 Å². The van der Waals surface area contributed by atoms with E-state index in [1.165, 1.54) is 38.5 Å². The van der Waals surface area contributed by atoms with Crippen LogP contribution in [0.15, 0.2) is 0 Å². The Bertz CT molecular complexity index is 49.2. The van der Waals surface area contributed by atoms with Gasteiger partial charge in [-0.1, -0.05) is 0 Å². The van der Waals surface area contributed by atoms with Gasteiger partial charge < -0.3 is 0 Å². The van der Waals surface area contributed by atoms with E-state index in [4.69, 9.17) is 3.24 Å². The third-order valence-electron chi connectivity index (χ3n) is 1.56. The van der Waals surface area contributed by atoms with Crippen LogP contribution in [0.2, 0.25) is 0 Å². The third kappa shape index (κ3) is 8.70. The molecule has 0 aromatic carbocycles. The fourth-order valence-electron chi connectivity index (χ4n) is 0.926. The van der Waals surface area contributed by atoms with Crippen molar-refractivity contribution in [2.45, 2.75) is 45.4 Å². The molecule has 0 fully saturated rings. The van der Waals surface area contributed by atoms with Crippen LogP contribution < -0.4 is 0 Å². The molecule has 0 aromatic heterocycles. The maximum atomic E-state index is 4.89. The first-order chi connectivity index (χ1) is 4.91. The monoisotopic (exact) mass is 326 g/mol. The second kappa shape index (κ2) is 9.70. The van der Waals surface area contributed by atoms with Gasteiger partial charge in [0.2, 0.25) is 0 Å². The summed E-state index contributed by atoms with van der Waals surface area (Å²) < 4.78 is 4.89. The Morgan fingerprint density at radius 1 is 1.00 bits per heavy atom. The molecule has 2 heteroatoms. The molecule has 0 N–H and O–H groups in total. The second-order valence-corrected chi connectivity index (χ2v) is 3.18. The molecular formula is C8H17AuO. The molecule has 1 nitrogen and oxygen atoms in total. The average Bonchev–Trinajstić information content (AvgIpc) is 1.97. The Labute approximate surface area is 76.9 Å². The minimum absolute atomic E-state index is 0.912. The predicted octanol–water partition coefficient (Wildman–Crippen LogP) is 2.83. The third-order valence-corrected chi connectivity index (χ3v) is 2.00. The molecule has 0 aromatic rings. The first-order valence-corrected chi connectivity index (χ1v) is 5.00. The fraction of sp³-hybridized carbons (Fsp3) is 1.00. The fourth-order valence-corrected chi connectivity index (χ4v) is 1.24. The van der Waals surface area contributed by atoms with Crippen molar-refractivity contribution >= 4 is 0 Å². The van der Waals surface area contributed by atoms with Crippen molar-refractivity contribution in [3.8, 4) is 0 Å². The van der Waals surface area contributed by atoms with E-state index < -0.39 is 0 Å². The van der Waals surface area contributed by atoms with Gasteiger partial charge in [-0.25, -0.2) is 0 Å². The van der Waals surface area contributed by atoms with Gasteiger partial charge in [-0.2, -0.15) is 0 Å². The molecule has 0 saturated heterocycles. The zero-order valence-corrected chi connectivity index (χ0v) is 8.83. The molecule has 0 saturated carbocycles. The van der Waals surface area contributed by atoms with Gasteiger partial charge in [0.25, 0.3) is 0 Å². The molecule has 0 amide bonds. The number of hydrogen-bond donors (Lipinski definition) is 0. The molecule has 0 aliphatic heterocycles. The Balaban J connectivity index is 2.65. The summed E-state index contributed by atoms with van der Waals surface area (Å²) in [6, 6.07) is 0. The van der Waals surface area contributed by atoms with Crippen molar-refractivity contribution < 1.29 is 24.7 Å². The van der Waals surface area contributed by atoms with Gasteiger partial charge in [0.05, 0.1) is 0 Å². The molecule has 0 aliphatic rings. The Hall–Kier alpha value is 0.700. The van der Waals surface area contributed by atoms with Crippen LogP contribution >= 0.6 is 0 Å². The summed E-state index contributed by atoms with van der Waals surface area (Å²) in [7, 11) is 0. The summed E-state index contributed by atoms with van der Waals surface area (Å²) in [5.41, 5.74) is 0. The van der Waals surface area contributed by atoms with Gasteiger partial charge >= 0.3 is 76.8 Å². The standard InChI is InChI=1S/C8H17O.Au/c1-2-3-4-5-6-7-8-9;/h2-8H2,1H3;/q-1;+1. The van der Waals surface area contributed by atoms with Crippen LogP contribution in [-0.4, -0.2) is 6.61 Å². The Morgan fingerprint density at radius 2 is 1.60 bits per heavy atom. The van der Waals surface area contributed by atoms with Gasteiger partial charge in [-0.05, 0) is 0 Å². The molecule has 0 atom stereocenters. The molecule has 0 heterocycles. The van der Waals surface area contributed by atoms with Gasteiger partial charge in [0, 0.05) is 0 Å². The van der Waals surface area contributed by atoms with Crippen LogP contribution in [0.1, 0.15) is 45.4 Å². The van der Waals surface area contributed by atoms with Gasteiger partial charge in [-0.3, -0.25) is 0 Å². The van der Waals surface area contributed by atoms with Crippen LogP contribution in [0.4, 0.5) is 0 Å². The summed E-state index contributed by atoms with van der Waals surface area (Å²) in [5, 5.41) is 0. The number of rotatable bonds is 7. The molecule has 0 aliphatic carbocycles. The molecule has 66 valence electrons. The number of unbranched alkanes of at least 4 members (excludes halogenated alkanes) is 5. The van der Waals surface area contributed by atoms with Gasteiger partial charge in [0.1, 0.15) is 0 Å². The molecule has 0 rings (SSSR count). The topological polar surface area (TPSA) is 9.23 Å². The minimum atomic E-state index is 0.912. The van der Waals surface area contributed by atoms with E-state index in [1.54, 1.807) is 0 Å². The molecule has 0 unspecified atom stereocenters. The Morgan fingerprint density at radius 3 is 2.20 bits per heavy atom. The SMILES string of the molecule is CCCCCCCC[O][Au]. The van der Waals surface area contributed by atoms with Crippen molar-refractivity contribution in [3.63, 3.8) is 0 Å². The zero-order chi connectivity index (χ0) is 7.66. The first kappa shape index (κ1) is 10.7. The molecule has 10 heavy (non-hydrogen) atoms. The Kier molecular flexibility index (Phi) is 10.4. The van der Waals surface area contributed by atoms with Crippen molar-refractivity contribution in [1.29, 1.82) is 0 Å². The summed E-state index contributed by atoms with van der Waals surface area (Å²) >= 11 is 2.11. The van der Waals surface area contributed by atoms with E-state index in [9.17, 15) is 0 Å². The van der Waals surface area contributed by atoms with Gasteiger partial charge in [0.15, 0.2) is 0 Å². The maximum absolute atomic E-state index is 4.89. The van der Waals surface area contributed by atoms with Gasteiger partial charge in [-0.15, -0.1) is 0 Å². The van der Waals surface area contributed by atoms with Crippen molar-refractivity contribution in [1.82, 2.24) is 0 Å². The quantitative estimate of drug-likeness (QED) is 0.516. The molecule has 0 radical (unpaired) electrons. The van der Waals surface area contributed by atoms with Crippen LogP contribution in [0.25, 0.3) is 0 Å². The van der Waals surface area contributed by atoms with Crippen LogP contribution in [-0.2, 0) is 24.7 Å². The predicted molar refractivity (Wildman–Crippen MR) is 39.3 cm³/mol. The summed E-state index contributed by atoms with van der Waals surface area (Å²) in [6.45, 7) is 3.15. The van der Waals surface area contributed by atoms with Crippen molar-refractivity contribution in [2.24, 2.45) is 0 Å². The summed E-state index contributed by atoms with van der Waals surface area (Å²) in [4.78, 5) is 0.